The number of carbonyl (C=O) groups is 1. The molecule has 2 heterocycles. The van der Waals surface area contributed by atoms with Gasteiger partial charge >= 0.3 is 0 Å². The molecule has 1 fully saturated rings. The third-order valence-corrected chi connectivity index (χ3v) is 4.75. The first kappa shape index (κ1) is 15.6. The smallest absolute Gasteiger partial charge is 0.230 e. The second kappa shape index (κ2) is 6.20. The lowest BCUT2D eigenvalue weighted by Gasteiger charge is -2.20. The molecule has 3 aromatic rings. The highest BCUT2D eigenvalue weighted by atomic mass is 19.1. The van der Waals surface area contributed by atoms with Gasteiger partial charge in [0.25, 0.3) is 0 Å². The van der Waals surface area contributed by atoms with E-state index in [1.165, 1.54) is 12.1 Å². The molecule has 4 rings (SSSR count). The Kier molecular flexibility index (Phi) is 3.87. The third kappa shape index (κ3) is 2.95. The minimum Gasteiger partial charge on any atom is -0.467 e. The van der Waals surface area contributed by atoms with Crippen molar-refractivity contribution in [3.63, 3.8) is 0 Å². The molecule has 6 heteroatoms. The number of benzene rings is 1. The Balaban J connectivity index is 1.50. The highest BCUT2D eigenvalue weighted by Gasteiger charge is 2.51. The minimum atomic E-state index is -0.536. The zero-order valence-corrected chi connectivity index (χ0v) is 13.6. The summed E-state index contributed by atoms with van der Waals surface area (Å²) in [5.74, 6) is 0.398. The Bertz CT molecular complexity index is 803. The van der Waals surface area contributed by atoms with Crippen molar-refractivity contribution in [3.8, 4) is 0 Å². The van der Waals surface area contributed by atoms with Crippen LogP contribution >= 0.6 is 0 Å². The van der Waals surface area contributed by atoms with Gasteiger partial charge in [-0.05, 0) is 48.7 Å². The molecule has 0 spiro atoms. The Morgan fingerprint density at radius 2 is 2.08 bits per heavy atom. The van der Waals surface area contributed by atoms with E-state index in [1.807, 2.05) is 24.4 Å². The minimum absolute atomic E-state index is 0.0391. The summed E-state index contributed by atoms with van der Waals surface area (Å²) in [4.78, 5) is 12.8. The number of nitrogens with one attached hydrogen (secondary N) is 1. The largest absolute Gasteiger partial charge is 0.467 e. The van der Waals surface area contributed by atoms with E-state index in [9.17, 15) is 9.18 Å². The van der Waals surface area contributed by atoms with Crippen molar-refractivity contribution in [2.24, 2.45) is 0 Å². The topological polar surface area (TPSA) is 60.1 Å². The Hall–Kier alpha value is -2.89. The fraction of sp³-hybridized carbons (Fsp3) is 0.263. The maximum absolute atomic E-state index is 13.1. The summed E-state index contributed by atoms with van der Waals surface area (Å²) in [6.07, 6.45) is 6.69. The lowest BCUT2D eigenvalue weighted by Crippen LogP contribution is -2.38. The van der Waals surface area contributed by atoms with Crippen LogP contribution in [0, 0.1) is 5.82 Å². The number of rotatable bonds is 6. The fourth-order valence-corrected chi connectivity index (χ4v) is 3.17. The van der Waals surface area contributed by atoms with Crippen LogP contribution in [0.5, 0.6) is 0 Å². The molecule has 0 unspecified atom stereocenters. The number of aromatic nitrogens is 2. The molecule has 5 nitrogen and oxygen atoms in total. The molecular formula is C19H18FN3O2. The third-order valence-electron chi connectivity index (χ3n) is 4.75. The zero-order chi connectivity index (χ0) is 17.3. The molecule has 2 aromatic heterocycles. The lowest BCUT2D eigenvalue weighted by molar-refractivity contribution is -0.123. The number of carbonyl (C=O) groups excluding carboxylic acids is 1. The summed E-state index contributed by atoms with van der Waals surface area (Å²) < 4.78 is 20.4. The molecule has 1 aliphatic rings. The summed E-state index contributed by atoms with van der Waals surface area (Å²) in [6, 6.07) is 11.5. The van der Waals surface area contributed by atoms with Crippen molar-refractivity contribution in [1.29, 1.82) is 0 Å². The van der Waals surface area contributed by atoms with Gasteiger partial charge in [-0.1, -0.05) is 12.1 Å². The fourth-order valence-electron chi connectivity index (χ4n) is 3.17. The lowest BCUT2D eigenvalue weighted by atomic mass is 9.95. The quantitative estimate of drug-likeness (QED) is 0.751. The molecule has 0 radical (unpaired) electrons. The van der Waals surface area contributed by atoms with E-state index in [0.717, 1.165) is 24.2 Å². The van der Waals surface area contributed by atoms with E-state index in [2.05, 4.69) is 10.4 Å². The number of halogens is 1. The van der Waals surface area contributed by atoms with Crippen molar-refractivity contribution in [2.45, 2.75) is 24.3 Å². The van der Waals surface area contributed by atoms with Crippen molar-refractivity contribution < 1.29 is 13.6 Å². The first-order valence-corrected chi connectivity index (χ1v) is 8.26. The molecule has 1 amide bonds. The summed E-state index contributed by atoms with van der Waals surface area (Å²) in [7, 11) is 0. The van der Waals surface area contributed by atoms with Crippen LogP contribution in [0.15, 0.2) is 65.5 Å². The molecule has 0 aliphatic heterocycles. The number of hydrogen-bond donors (Lipinski definition) is 1. The summed E-state index contributed by atoms with van der Waals surface area (Å²) in [6.45, 7) is 0.372. The summed E-state index contributed by atoms with van der Waals surface area (Å²) >= 11 is 0. The van der Waals surface area contributed by atoms with Crippen molar-refractivity contribution in [3.05, 3.63) is 78.3 Å². The SMILES string of the molecule is O=C(NC[C@@H](c1ccco1)n1cccn1)C1(c2ccc(F)cc2)CC1. The van der Waals surface area contributed by atoms with E-state index in [4.69, 9.17) is 4.42 Å². The van der Waals surface area contributed by atoms with Gasteiger partial charge in [-0.15, -0.1) is 0 Å². The highest BCUT2D eigenvalue weighted by Crippen LogP contribution is 2.48. The number of nitrogens with zero attached hydrogens (tertiary/aromatic N) is 2. The number of amides is 1. The van der Waals surface area contributed by atoms with Crippen LogP contribution in [0.3, 0.4) is 0 Å². The van der Waals surface area contributed by atoms with Crippen LogP contribution in [0.4, 0.5) is 4.39 Å². The summed E-state index contributed by atoms with van der Waals surface area (Å²) in [5, 5.41) is 7.28. The average molecular weight is 339 g/mol. The molecule has 0 saturated heterocycles. The van der Waals surface area contributed by atoms with Gasteiger partial charge < -0.3 is 9.73 Å². The summed E-state index contributed by atoms with van der Waals surface area (Å²) in [5.41, 5.74) is 0.325. The van der Waals surface area contributed by atoms with Crippen LogP contribution < -0.4 is 5.32 Å². The van der Waals surface area contributed by atoms with Crippen LogP contribution in [0.25, 0.3) is 0 Å². The standard InChI is InChI=1S/C19H18FN3O2/c20-15-6-4-14(5-7-15)19(8-9-19)18(24)21-13-16(17-3-1-12-25-17)23-11-2-10-22-23/h1-7,10-12,16H,8-9,13H2,(H,21,24)/t16-/m0/s1. The van der Waals surface area contributed by atoms with Gasteiger partial charge in [0.2, 0.25) is 5.91 Å². The van der Waals surface area contributed by atoms with E-state index in [-0.39, 0.29) is 17.8 Å². The second-order valence-corrected chi connectivity index (χ2v) is 6.32. The molecule has 1 N–H and O–H groups in total. The Morgan fingerprint density at radius 1 is 1.28 bits per heavy atom. The van der Waals surface area contributed by atoms with Gasteiger partial charge in [0.15, 0.2) is 0 Å². The molecule has 1 saturated carbocycles. The molecule has 1 atom stereocenters. The first-order valence-electron chi connectivity index (χ1n) is 8.26. The number of hydrogen-bond acceptors (Lipinski definition) is 3. The first-order chi connectivity index (χ1) is 12.2. The molecule has 1 aliphatic carbocycles. The van der Waals surface area contributed by atoms with Gasteiger partial charge in [0.1, 0.15) is 17.6 Å². The van der Waals surface area contributed by atoms with Crippen LogP contribution in [0.2, 0.25) is 0 Å². The van der Waals surface area contributed by atoms with E-state index < -0.39 is 5.41 Å². The predicted molar refractivity (Wildman–Crippen MR) is 89.4 cm³/mol. The average Bonchev–Trinajstić information content (AvgIpc) is 3.02. The second-order valence-electron chi connectivity index (χ2n) is 6.32. The van der Waals surface area contributed by atoms with E-state index in [1.54, 1.807) is 29.3 Å². The van der Waals surface area contributed by atoms with Crippen LogP contribution in [-0.2, 0) is 10.2 Å². The van der Waals surface area contributed by atoms with Crippen LogP contribution in [0.1, 0.15) is 30.2 Å². The maximum Gasteiger partial charge on any atom is 0.230 e. The van der Waals surface area contributed by atoms with Gasteiger partial charge in [-0.25, -0.2) is 4.39 Å². The zero-order valence-electron chi connectivity index (χ0n) is 13.6. The Labute approximate surface area is 144 Å². The van der Waals surface area contributed by atoms with Crippen molar-refractivity contribution in [1.82, 2.24) is 15.1 Å². The molecular weight excluding hydrogens is 321 g/mol. The van der Waals surface area contributed by atoms with E-state index >= 15 is 0 Å². The van der Waals surface area contributed by atoms with Gasteiger partial charge in [0, 0.05) is 18.9 Å². The van der Waals surface area contributed by atoms with Gasteiger partial charge in [0.05, 0.1) is 11.7 Å². The maximum atomic E-state index is 13.1. The van der Waals surface area contributed by atoms with Crippen molar-refractivity contribution in [2.75, 3.05) is 6.54 Å². The predicted octanol–water partition coefficient (Wildman–Crippen LogP) is 3.05. The normalized spacial score (nSPS) is 16.4. The van der Waals surface area contributed by atoms with Crippen molar-refractivity contribution >= 4 is 5.91 Å². The molecule has 25 heavy (non-hydrogen) atoms. The Morgan fingerprint density at radius 3 is 2.68 bits per heavy atom. The molecule has 1 aromatic carbocycles. The molecule has 128 valence electrons. The molecule has 0 bridgehead atoms. The van der Waals surface area contributed by atoms with Gasteiger partial charge in [-0.3, -0.25) is 9.48 Å². The van der Waals surface area contributed by atoms with Gasteiger partial charge in [-0.2, -0.15) is 5.10 Å². The van der Waals surface area contributed by atoms with Crippen LogP contribution in [-0.4, -0.2) is 22.2 Å². The number of furan rings is 1. The monoisotopic (exact) mass is 339 g/mol. The van der Waals surface area contributed by atoms with E-state index in [0.29, 0.717) is 6.54 Å². The highest BCUT2D eigenvalue weighted by molar-refractivity contribution is 5.91.